The molecule has 0 radical (unpaired) electrons. The average Bonchev–Trinajstić information content (AvgIpc) is 3.24. The first kappa shape index (κ1) is 40.0. The Hall–Kier alpha value is -5.20. The molecule has 2 fully saturated rings. The SMILES string of the molecule is Cc1cc(S(=O)(=O)NC(=O)c2ccc(N3CCN(Cc4ccccc4-c4ccc(OCCN5CCOCC5)cc4)CC3)cc2)ccc1NCCCc1ccccc1. The molecule has 2 aliphatic heterocycles. The Labute approximate surface area is 337 Å². The second-order valence-electron chi connectivity index (χ2n) is 14.7. The molecule has 0 aliphatic carbocycles. The van der Waals surface area contributed by atoms with Crippen molar-refractivity contribution in [2.45, 2.75) is 31.2 Å². The number of piperazine rings is 1. The lowest BCUT2D eigenvalue weighted by molar-refractivity contribution is 0.0322. The summed E-state index contributed by atoms with van der Waals surface area (Å²) in [5, 5.41) is 3.40. The van der Waals surface area contributed by atoms with E-state index in [1.54, 1.807) is 24.3 Å². The molecule has 0 unspecified atom stereocenters. The van der Waals surface area contributed by atoms with Gasteiger partial charge < -0.3 is 19.7 Å². The fraction of sp³-hybridized carbons (Fsp3) is 0.326. The smallest absolute Gasteiger partial charge is 0.264 e. The summed E-state index contributed by atoms with van der Waals surface area (Å²) in [6.45, 7) is 12.0. The number of carbonyl (C=O) groups is 1. The number of amides is 1. The number of hydrogen-bond acceptors (Lipinski definition) is 9. The van der Waals surface area contributed by atoms with Gasteiger partial charge in [0.05, 0.1) is 18.1 Å². The lowest BCUT2D eigenvalue weighted by Gasteiger charge is -2.36. The third-order valence-corrected chi connectivity index (χ3v) is 12.1. The van der Waals surface area contributed by atoms with Gasteiger partial charge in [0.1, 0.15) is 12.4 Å². The van der Waals surface area contributed by atoms with Crippen LogP contribution in [-0.4, -0.2) is 96.3 Å². The molecule has 2 saturated heterocycles. The summed E-state index contributed by atoms with van der Waals surface area (Å²) in [5.74, 6) is 0.228. The van der Waals surface area contributed by atoms with Crippen LogP contribution in [0.25, 0.3) is 11.1 Å². The van der Waals surface area contributed by atoms with Gasteiger partial charge in [-0.25, -0.2) is 13.1 Å². The van der Waals surface area contributed by atoms with Crippen molar-refractivity contribution in [2.24, 2.45) is 0 Å². The lowest BCUT2D eigenvalue weighted by atomic mass is 9.99. The van der Waals surface area contributed by atoms with Gasteiger partial charge in [-0.3, -0.25) is 14.6 Å². The molecule has 0 bridgehead atoms. The largest absolute Gasteiger partial charge is 0.492 e. The minimum atomic E-state index is -4.05. The van der Waals surface area contributed by atoms with Crippen LogP contribution in [-0.2, 0) is 27.7 Å². The molecule has 2 aliphatic rings. The van der Waals surface area contributed by atoms with Crippen LogP contribution in [0.2, 0.25) is 0 Å². The number of sulfonamides is 1. The number of nitrogens with zero attached hydrogens (tertiary/aromatic N) is 3. The van der Waals surface area contributed by atoms with Crippen molar-refractivity contribution in [3.05, 3.63) is 144 Å². The van der Waals surface area contributed by atoms with E-state index in [2.05, 4.69) is 85.4 Å². The molecule has 0 aromatic heterocycles. The van der Waals surface area contributed by atoms with Gasteiger partial charge in [0.2, 0.25) is 0 Å². The predicted molar refractivity (Wildman–Crippen MR) is 228 cm³/mol. The van der Waals surface area contributed by atoms with E-state index in [4.69, 9.17) is 9.47 Å². The first-order valence-electron chi connectivity index (χ1n) is 19.9. The van der Waals surface area contributed by atoms with Gasteiger partial charge in [0, 0.05) is 75.8 Å². The van der Waals surface area contributed by atoms with Gasteiger partial charge in [0.15, 0.2) is 0 Å². The Kier molecular flexibility index (Phi) is 13.5. The van der Waals surface area contributed by atoms with Crippen LogP contribution in [0, 0.1) is 6.92 Å². The predicted octanol–water partition coefficient (Wildman–Crippen LogP) is 6.86. The number of rotatable bonds is 16. The van der Waals surface area contributed by atoms with Crippen LogP contribution in [0.1, 0.15) is 33.5 Å². The minimum Gasteiger partial charge on any atom is -0.492 e. The molecule has 1 amide bonds. The fourth-order valence-electron chi connectivity index (χ4n) is 7.42. The molecule has 0 atom stereocenters. The minimum absolute atomic E-state index is 0.0542. The molecular weight excluding hydrogens is 735 g/mol. The van der Waals surface area contributed by atoms with Gasteiger partial charge in [0.25, 0.3) is 15.9 Å². The molecule has 57 heavy (non-hydrogen) atoms. The van der Waals surface area contributed by atoms with Crippen LogP contribution in [0.3, 0.4) is 0 Å². The van der Waals surface area contributed by atoms with Crippen molar-refractivity contribution in [1.82, 2.24) is 14.5 Å². The molecule has 10 nitrogen and oxygen atoms in total. The fourth-order valence-corrected chi connectivity index (χ4v) is 8.48. The number of hydrogen-bond donors (Lipinski definition) is 2. The maximum absolute atomic E-state index is 13.2. The quantitative estimate of drug-likeness (QED) is 0.104. The van der Waals surface area contributed by atoms with Gasteiger partial charge in [-0.15, -0.1) is 0 Å². The zero-order valence-electron chi connectivity index (χ0n) is 32.7. The number of morpholine rings is 1. The highest BCUT2D eigenvalue weighted by molar-refractivity contribution is 7.90. The first-order valence-corrected chi connectivity index (χ1v) is 21.4. The second-order valence-corrected chi connectivity index (χ2v) is 16.4. The van der Waals surface area contributed by atoms with E-state index in [1.807, 2.05) is 37.3 Å². The Morgan fingerprint density at radius 1 is 0.772 bits per heavy atom. The molecule has 7 rings (SSSR count). The number of benzene rings is 5. The van der Waals surface area contributed by atoms with E-state index in [-0.39, 0.29) is 4.90 Å². The van der Waals surface area contributed by atoms with Crippen molar-refractivity contribution in [3.63, 3.8) is 0 Å². The van der Waals surface area contributed by atoms with Crippen molar-refractivity contribution < 1.29 is 22.7 Å². The summed E-state index contributed by atoms with van der Waals surface area (Å²) in [6, 6.07) is 39.4. The Bertz CT molecular complexity index is 2170. The van der Waals surface area contributed by atoms with Gasteiger partial charge in [-0.2, -0.15) is 0 Å². The molecule has 2 N–H and O–H groups in total. The van der Waals surface area contributed by atoms with Crippen molar-refractivity contribution >= 4 is 27.3 Å². The summed E-state index contributed by atoms with van der Waals surface area (Å²) in [4.78, 5) is 20.3. The zero-order valence-corrected chi connectivity index (χ0v) is 33.6. The van der Waals surface area contributed by atoms with E-state index < -0.39 is 15.9 Å². The molecule has 2 heterocycles. The van der Waals surface area contributed by atoms with Crippen molar-refractivity contribution in [2.75, 3.05) is 82.4 Å². The highest BCUT2D eigenvalue weighted by Gasteiger charge is 2.22. The van der Waals surface area contributed by atoms with Crippen LogP contribution in [0.15, 0.2) is 126 Å². The average molecular weight is 788 g/mol. The maximum Gasteiger partial charge on any atom is 0.264 e. The van der Waals surface area contributed by atoms with E-state index in [1.165, 1.54) is 28.3 Å². The summed E-state index contributed by atoms with van der Waals surface area (Å²) in [5.41, 5.74) is 7.94. The summed E-state index contributed by atoms with van der Waals surface area (Å²) in [7, 11) is -4.05. The van der Waals surface area contributed by atoms with Crippen LogP contribution in [0.5, 0.6) is 5.75 Å². The number of anilines is 2. The topological polar surface area (TPSA) is 103 Å². The summed E-state index contributed by atoms with van der Waals surface area (Å²) in [6.07, 6.45) is 1.91. The molecule has 5 aromatic carbocycles. The standard InChI is InChI=1S/C46H53N5O5S/c1-36-34-43(21-22-45(36)47-23-7-10-37-8-3-2-4-9-37)57(53,54)48-46(52)39-13-17-41(18-14-39)51-26-24-50(25-27-51)35-40-11-5-6-12-44(40)38-15-19-42(20-16-38)56-33-30-49-28-31-55-32-29-49/h2-6,8-9,11-22,34,47H,7,10,23-33,35H2,1H3,(H,48,52). The van der Waals surface area contributed by atoms with E-state index >= 15 is 0 Å². The highest BCUT2D eigenvalue weighted by atomic mass is 32.2. The number of carbonyl (C=O) groups excluding carboxylic acids is 1. The Balaban J connectivity index is 0.869. The summed E-state index contributed by atoms with van der Waals surface area (Å²) < 4.78 is 40.1. The van der Waals surface area contributed by atoms with E-state index in [0.717, 1.165) is 108 Å². The number of ether oxygens (including phenoxy) is 2. The number of aryl methyl sites for hydroxylation is 2. The highest BCUT2D eigenvalue weighted by Crippen LogP contribution is 2.28. The van der Waals surface area contributed by atoms with Gasteiger partial charge in [-0.1, -0.05) is 66.7 Å². The third kappa shape index (κ3) is 11.0. The molecular formula is C46H53N5O5S. The third-order valence-electron chi connectivity index (χ3n) is 10.8. The molecule has 11 heteroatoms. The van der Waals surface area contributed by atoms with Crippen molar-refractivity contribution in [3.8, 4) is 16.9 Å². The normalized spacial score (nSPS) is 15.3. The number of nitrogens with one attached hydrogen (secondary N) is 2. The van der Waals surface area contributed by atoms with Gasteiger partial charge in [-0.05, 0) is 102 Å². The lowest BCUT2D eigenvalue weighted by Crippen LogP contribution is -2.46. The molecule has 5 aromatic rings. The van der Waals surface area contributed by atoms with Crippen molar-refractivity contribution in [1.29, 1.82) is 0 Å². The Morgan fingerprint density at radius 2 is 1.49 bits per heavy atom. The Morgan fingerprint density at radius 3 is 2.23 bits per heavy atom. The van der Waals surface area contributed by atoms with E-state index in [9.17, 15) is 13.2 Å². The van der Waals surface area contributed by atoms with Gasteiger partial charge >= 0.3 is 0 Å². The first-order chi connectivity index (χ1) is 27.8. The summed E-state index contributed by atoms with van der Waals surface area (Å²) >= 11 is 0. The second kappa shape index (κ2) is 19.3. The van der Waals surface area contributed by atoms with E-state index in [0.29, 0.717) is 12.2 Å². The van der Waals surface area contributed by atoms with Crippen LogP contribution in [0.4, 0.5) is 11.4 Å². The zero-order chi connectivity index (χ0) is 39.5. The van der Waals surface area contributed by atoms with Crippen LogP contribution >= 0.6 is 0 Å². The van der Waals surface area contributed by atoms with Crippen LogP contribution < -0.4 is 19.7 Å². The molecule has 0 spiro atoms. The molecule has 0 saturated carbocycles. The monoisotopic (exact) mass is 787 g/mol. The maximum atomic E-state index is 13.2. The molecule has 298 valence electrons.